The first-order valence-corrected chi connectivity index (χ1v) is 5.30. The van der Waals surface area contributed by atoms with Crippen LogP contribution in [0.1, 0.15) is 11.1 Å². The van der Waals surface area contributed by atoms with Gasteiger partial charge in [-0.1, -0.05) is 24.3 Å². The second-order valence-electron chi connectivity index (χ2n) is 3.93. The molecule has 2 N–H and O–H groups in total. The molecular weight excluding hydrogens is 188 g/mol. The number of likely N-dealkylation sites (N-methyl/N-ethyl adjacent to an activating group) is 1. The molecule has 1 aromatic carbocycles. The predicted octanol–water partition coefficient (Wildman–Crippen LogP) is 0.489. The van der Waals surface area contributed by atoms with E-state index >= 15 is 0 Å². The number of carbonyl (C=O) groups excluding carboxylic acids is 1. The first kappa shape index (κ1) is 10.2. The lowest BCUT2D eigenvalue weighted by Gasteiger charge is -2.10. The van der Waals surface area contributed by atoms with Gasteiger partial charge in [0.2, 0.25) is 5.91 Å². The molecule has 1 aromatic rings. The number of benzene rings is 1. The van der Waals surface area contributed by atoms with E-state index in [-0.39, 0.29) is 5.91 Å². The van der Waals surface area contributed by atoms with Crippen LogP contribution in [0.5, 0.6) is 0 Å². The highest BCUT2D eigenvalue weighted by molar-refractivity contribution is 5.77. The third-order valence-electron chi connectivity index (χ3n) is 2.88. The SMILES string of the molecule is CNC(=O)CNC1Cc2ccccc2C1. The number of carbonyl (C=O) groups is 1. The summed E-state index contributed by atoms with van der Waals surface area (Å²) in [7, 11) is 1.66. The average molecular weight is 204 g/mol. The molecule has 0 saturated heterocycles. The lowest BCUT2D eigenvalue weighted by molar-refractivity contribution is -0.119. The van der Waals surface area contributed by atoms with Gasteiger partial charge >= 0.3 is 0 Å². The van der Waals surface area contributed by atoms with Gasteiger partial charge in [-0.2, -0.15) is 0 Å². The summed E-state index contributed by atoms with van der Waals surface area (Å²) in [5.74, 6) is 0.0472. The maximum atomic E-state index is 11.1. The summed E-state index contributed by atoms with van der Waals surface area (Å²) in [5.41, 5.74) is 2.82. The van der Waals surface area contributed by atoms with E-state index in [0.717, 1.165) is 12.8 Å². The van der Waals surface area contributed by atoms with Crippen molar-refractivity contribution in [2.45, 2.75) is 18.9 Å². The van der Waals surface area contributed by atoms with Crippen molar-refractivity contribution in [2.75, 3.05) is 13.6 Å². The van der Waals surface area contributed by atoms with E-state index in [0.29, 0.717) is 12.6 Å². The molecule has 3 nitrogen and oxygen atoms in total. The second kappa shape index (κ2) is 4.45. The predicted molar refractivity (Wildman–Crippen MR) is 59.7 cm³/mol. The molecule has 1 amide bonds. The fraction of sp³-hybridized carbons (Fsp3) is 0.417. The number of hydrogen-bond donors (Lipinski definition) is 2. The van der Waals surface area contributed by atoms with Gasteiger partial charge in [-0.25, -0.2) is 0 Å². The molecule has 0 unspecified atom stereocenters. The Morgan fingerprint density at radius 1 is 1.33 bits per heavy atom. The van der Waals surface area contributed by atoms with E-state index in [2.05, 4.69) is 34.9 Å². The van der Waals surface area contributed by atoms with Crippen LogP contribution in [0.3, 0.4) is 0 Å². The molecular formula is C12H16N2O. The van der Waals surface area contributed by atoms with Crippen molar-refractivity contribution >= 4 is 5.91 Å². The lowest BCUT2D eigenvalue weighted by atomic mass is 10.1. The van der Waals surface area contributed by atoms with Crippen molar-refractivity contribution in [2.24, 2.45) is 0 Å². The van der Waals surface area contributed by atoms with Crippen LogP contribution in [-0.2, 0) is 17.6 Å². The lowest BCUT2D eigenvalue weighted by Crippen LogP contribution is -2.38. The van der Waals surface area contributed by atoms with Crippen molar-refractivity contribution in [3.05, 3.63) is 35.4 Å². The Morgan fingerprint density at radius 2 is 1.93 bits per heavy atom. The van der Waals surface area contributed by atoms with Gasteiger partial charge in [-0.3, -0.25) is 4.79 Å². The highest BCUT2D eigenvalue weighted by atomic mass is 16.1. The Labute approximate surface area is 89.9 Å². The van der Waals surface area contributed by atoms with E-state index in [1.54, 1.807) is 7.05 Å². The van der Waals surface area contributed by atoms with Crippen molar-refractivity contribution in [1.82, 2.24) is 10.6 Å². The highest BCUT2D eigenvalue weighted by Crippen LogP contribution is 2.21. The Hall–Kier alpha value is -1.35. The molecule has 0 aromatic heterocycles. The van der Waals surface area contributed by atoms with Gasteiger partial charge in [0.15, 0.2) is 0 Å². The zero-order chi connectivity index (χ0) is 10.7. The summed E-state index contributed by atoms with van der Waals surface area (Å²) in [6, 6.07) is 8.88. The van der Waals surface area contributed by atoms with Crippen molar-refractivity contribution in [1.29, 1.82) is 0 Å². The largest absolute Gasteiger partial charge is 0.358 e. The van der Waals surface area contributed by atoms with E-state index in [1.165, 1.54) is 11.1 Å². The van der Waals surface area contributed by atoms with E-state index in [4.69, 9.17) is 0 Å². The molecule has 0 saturated carbocycles. The summed E-state index contributed by atoms with van der Waals surface area (Å²) in [6.45, 7) is 0.412. The quantitative estimate of drug-likeness (QED) is 0.752. The zero-order valence-electron chi connectivity index (χ0n) is 8.92. The molecule has 0 radical (unpaired) electrons. The minimum Gasteiger partial charge on any atom is -0.358 e. The van der Waals surface area contributed by atoms with Crippen LogP contribution < -0.4 is 10.6 Å². The third-order valence-corrected chi connectivity index (χ3v) is 2.88. The highest BCUT2D eigenvalue weighted by Gasteiger charge is 2.20. The summed E-state index contributed by atoms with van der Waals surface area (Å²) in [5, 5.41) is 5.88. The topological polar surface area (TPSA) is 41.1 Å². The van der Waals surface area contributed by atoms with Crippen molar-refractivity contribution in [3.8, 4) is 0 Å². The first-order valence-electron chi connectivity index (χ1n) is 5.30. The number of fused-ring (bicyclic) bond motifs is 1. The standard InChI is InChI=1S/C12H16N2O/c1-13-12(15)8-14-11-6-9-4-2-3-5-10(9)7-11/h2-5,11,14H,6-8H2,1H3,(H,13,15). The molecule has 80 valence electrons. The molecule has 3 heteroatoms. The van der Waals surface area contributed by atoms with Crippen molar-refractivity contribution in [3.63, 3.8) is 0 Å². The molecule has 0 bridgehead atoms. The smallest absolute Gasteiger partial charge is 0.233 e. The Bertz CT molecular complexity index is 337. The third kappa shape index (κ3) is 2.36. The summed E-state index contributed by atoms with van der Waals surface area (Å²) >= 11 is 0. The number of amides is 1. The van der Waals surface area contributed by atoms with E-state index < -0.39 is 0 Å². The Morgan fingerprint density at radius 3 is 2.47 bits per heavy atom. The fourth-order valence-electron chi connectivity index (χ4n) is 2.03. The zero-order valence-corrected chi connectivity index (χ0v) is 8.92. The van der Waals surface area contributed by atoms with Gasteiger partial charge in [0.05, 0.1) is 6.54 Å². The van der Waals surface area contributed by atoms with Crippen LogP contribution in [0.25, 0.3) is 0 Å². The summed E-state index contributed by atoms with van der Waals surface area (Å²) in [6.07, 6.45) is 2.07. The monoisotopic (exact) mass is 204 g/mol. The molecule has 0 atom stereocenters. The molecule has 15 heavy (non-hydrogen) atoms. The van der Waals surface area contributed by atoms with E-state index in [9.17, 15) is 4.79 Å². The fourth-order valence-corrected chi connectivity index (χ4v) is 2.03. The van der Waals surface area contributed by atoms with Gasteiger partial charge in [-0.15, -0.1) is 0 Å². The second-order valence-corrected chi connectivity index (χ2v) is 3.93. The summed E-state index contributed by atoms with van der Waals surface area (Å²) < 4.78 is 0. The maximum Gasteiger partial charge on any atom is 0.233 e. The van der Waals surface area contributed by atoms with Crippen molar-refractivity contribution < 1.29 is 4.79 Å². The Balaban J connectivity index is 1.88. The van der Waals surface area contributed by atoms with Crippen LogP contribution in [0.2, 0.25) is 0 Å². The Kier molecular flexibility index (Phi) is 3.02. The average Bonchev–Trinajstić information content (AvgIpc) is 2.68. The minimum absolute atomic E-state index is 0.0472. The molecule has 1 aliphatic rings. The number of hydrogen-bond acceptors (Lipinski definition) is 2. The molecule has 0 heterocycles. The van der Waals surface area contributed by atoms with Gasteiger partial charge in [-0.05, 0) is 24.0 Å². The normalized spacial score (nSPS) is 15.0. The van der Waals surface area contributed by atoms with Crippen LogP contribution in [0.4, 0.5) is 0 Å². The molecule has 1 aliphatic carbocycles. The molecule has 0 spiro atoms. The van der Waals surface area contributed by atoms with Crippen LogP contribution in [0.15, 0.2) is 24.3 Å². The van der Waals surface area contributed by atoms with Gasteiger partial charge < -0.3 is 10.6 Å². The number of nitrogens with one attached hydrogen (secondary N) is 2. The van der Waals surface area contributed by atoms with Crippen LogP contribution in [-0.4, -0.2) is 25.5 Å². The van der Waals surface area contributed by atoms with E-state index in [1.807, 2.05) is 0 Å². The van der Waals surface area contributed by atoms with Gasteiger partial charge in [0, 0.05) is 13.1 Å². The first-order chi connectivity index (χ1) is 7.29. The maximum absolute atomic E-state index is 11.1. The number of rotatable bonds is 3. The summed E-state index contributed by atoms with van der Waals surface area (Å²) in [4.78, 5) is 11.1. The van der Waals surface area contributed by atoms with Gasteiger partial charge in [0.1, 0.15) is 0 Å². The van der Waals surface area contributed by atoms with Crippen LogP contribution >= 0.6 is 0 Å². The minimum atomic E-state index is 0.0472. The van der Waals surface area contributed by atoms with Crippen LogP contribution in [0, 0.1) is 0 Å². The molecule has 2 rings (SSSR count). The molecule has 0 fully saturated rings. The van der Waals surface area contributed by atoms with Gasteiger partial charge in [0.25, 0.3) is 0 Å². The molecule has 0 aliphatic heterocycles.